The number of carbonyl (C=O) groups is 2. The summed E-state index contributed by atoms with van der Waals surface area (Å²) in [7, 11) is 3.16. The fourth-order valence-electron chi connectivity index (χ4n) is 2.84. The predicted octanol–water partition coefficient (Wildman–Crippen LogP) is 1.99. The van der Waals surface area contributed by atoms with Gasteiger partial charge in [-0.05, 0) is 29.8 Å². The topological polar surface area (TPSA) is 67.9 Å². The van der Waals surface area contributed by atoms with Gasteiger partial charge in [-0.25, -0.2) is 0 Å². The van der Waals surface area contributed by atoms with Crippen LogP contribution in [0.5, 0.6) is 5.75 Å². The van der Waals surface area contributed by atoms with E-state index in [2.05, 4.69) is 5.32 Å². The molecule has 3 rings (SSSR count). The lowest BCUT2D eigenvalue weighted by Crippen LogP contribution is -2.50. The molecule has 1 N–H and O–H groups in total. The maximum Gasteiger partial charge on any atom is 0.262 e. The van der Waals surface area contributed by atoms with Crippen LogP contribution in [0.15, 0.2) is 48.5 Å². The summed E-state index contributed by atoms with van der Waals surface area (Å²) in [6, 6.07) is 14.5. The van der Waals surface area contributed by atoms with Gasteiger partial charge >= 0.3 is 0 Å². The largest absolute Gasteiger partial charge is 0.477 e. The van der Waals surface area contributed by atoms with Gasteiger partial charge in [-0.2, -0.15) is 0 Å². The summed E-state index contributed by atoms with van der Waals surface area (Å²) in [5.74, 6) is 0.0757. The fourth-order valence-corrected chi connectivity index (χ4v) is 2.84. The SMILES string of the molecule is CNC(=O)[C@H]1CN(C(=O)c2cccc(COC)c2)c2ccccc2O1. The highest BCUT2D eigenvalue weighted by atomic mass is 16.5. The van der Waals surface area contributed by atoms with E-state index in [1.165, 1.54) is 0 Å². The van der Waals surface area contributed by atoms with E-state index in [1.54, 1.807) is 37.3 Å². The minimum atomic E-state index is -0.744. The quantitative estimate of drug-likeness (QED) is 0.924. The first-order valence-corrected chi connectivity index (χ1v) is 8.01. The van der Waals surface area contributed by atoms with Crippen LogP contribution in [0.3, 0.4) is 0 Å². The summed E-state index contributed by atoms with van der Waals surface area (Å²) in [6.07, 6.45) is -0.744. The minimum absolute atomic E-state index is 0.157. The van der Waals surface area contributed by atoms with Gasteiger partial charge in [0, 0.05) is 19.7 Å². The average Bonchev–Trinajstić information content (AvgIpc) is 2.66. The number of likely N-dealkylation sites (N-methyl/N-ethyl adjacent to an activating group) is 1. The van der Waals surface area contributed by atoms with Crippen LogP contribution >= 0.6 is 0 Å². The van der Waals surface area contributed by atoms with Gasteiger partial charge in [0.1, 0.15) is 5.75 Å². The Balaban J connectivity index is 1.95. The Morgan fingerprint density at radius 1 is 1.24 bits per heavy atom. The van der Waals surface area contributed by atoms with Gasteiger partial charge in [0.25, 0.3) is 11.8 Å². The van der Waals surface area contributed by atoms with E-state index in [0.29, 0.717) is 23.6 Å². The average molecular weight is 340 g/mol. The lowest BCUT2D eigenvalue weighted by atomic mass is 10.1. The molecule has 2 aromatic carbocycles. The second-order valence-corrected chi connectivity index (χ2v) is 5.74. The zero-order valence-electron chi connectivity index (χ0n) is 14.2. The van der Waals surface area contributed by atoms with Crippen LogP contribution in [0.1, 0.15) is 15.9 Å². The van der Waals surface area contributed by atoms with Crippen LogP contribution in [0, 0.1) is 0 Å². The summed E-state index contributed by atoms with van der Waals surface area (Å²) < 4.78 is 10.9. The van der Waals surface area contributed by atoms with Crippen molar-refractivity contribution in [1.29, 1.82) is 0 Å². The molecule has 1 heterocycles. The third-order valence-electron chi connectivity index (χ3n) is 4.04. The number of anilines is 1. The van der Waals surface area contributed by atoms with Crippen molar-refractivity contribution in [2.45, 2.75) is 12.7 Å². The van der Waals surface area contributed by atoms with Crippen LogP contribution < -0.4 is 15.0 Å². The highest BCUT2D eigenvalue weighted by Gasteiger charge is 2.33. The van der Waals surface area contributed by atoms with Gasteiger partial charge in [-0.3, -0.25) is 9.59 Å². The third-order valence-corrected chi connectivity index (χ3v) is 4.04. The molecule has 2 aromatic rings. The maximum atomic E-state index is 13.1. The maximum absolute atomic E-state index is 13.1. The zero-order chi connectivity index (χ0) is 17.8. The van der Waals surface area contributed by atoms with Crippen molar-refractivity contribution in [3.63, 3.8) is 0 Å². The Morgan fingerprint density at radius 3 is 2.80 bits per heavy atom. The number of benzene rings is 2. The Labute approximate surface area is 146 Å². The van der Waals surface area contributed by atoms with Crippen molar-refractivity contribution in [2.75, 3.05) is 25.6 Å². The number of para-hydroxylation sites is 2. The molecule has 0 saturated carbocycles. The van der Waals surface area contributed by atoms with Crippen molar-refractivity contribution >= 4 is 17.5 Å². The van der Waals surface area contributed by atoms with Crippen LogP contribution in [-0.4, -0.2) is 38.6 Å². The minimum Gasteiger partial charge on any atom is -0.477 e. The number of fused-ring (bicyclic) bond motifs is 1. The van der Waals surface area contributed by atoms with Crippen LogP contribution in [0.2, 0.25) is 0 Å². The number of hydrogen-bond acceptors (Lipinski definition) is 4. The van der Waals surface area contributed by atoms with Gasteiger partial charge < -0.3 is 19.7 Å². The Bertz CT molecular complexity index is 790. The van der Waals surface area contributed by atoms with Gasteiger partial charge in [0.2, 0.25) is 0 Å². The van der Waals surface area contributed by atoms with E-state index in [4.69, 9.17) is 9.47 Å². The van der Waals surface area contributed by atoms with Gasteiger partial charge in [0.15, 0.2) is 6.10 Å². The van der Waals surface area contributed by atoms with Crippen LogP contribution in [0.4, 0.5) is 5.69 Å². The summed E-state index contributed by atoms with van der Waals surface area (Å²) in [6.45, 7) is 0.589. The van der Waals surface area contributed by atoms with Crippen LogP contribution in [-0.2, 0) is 16.1 Å². The van der Waals surface area contributed by atoms with E-state index in [-0.39, 0.29) is 18.4 Å². The number of rotatable bonds is 4. The third kappa shape index (κ3) is 3.49. The van der Waals surface area contributed by atoms with E-state index in [9.17, 15) is 9.59 Å². The molecule has 0 bridgehead atoms. The first-order chi connectivity index (χ1) is 12.1. The standard InChI is InChI=1S/C19H20N2O4/c1-20-18(22)17-11-21(15-8-3-4-9-16(15)25-17)19(23)14-7-5-6-13(10-14)12-24-2/h3-10,17H,11-12H2,1-2H3,(H,20,22)/t17-/m1/s1. The van der Waals surface area contributed by atoms with Crippen LogP contribution in [0.25, 0.3) is 0 Å². The van der Waals surface area contributed by atoms with Gasteiger partial charge in [-0.1, -0.05) is 24.3 Å². The molecule has 0 aromatic heterocycles. The van der Waals surface area contributed by atoms with E-state index in [0.717, 1.165) is 5.56 Å². The van der Waals surface area contributed by atoms with E-state index < -0.39 is 6.10 Å². The molecule has 25 heavy (non-hydrogen) atoms. The molecular formula is C19H20N2O4. The summed E-state index contributed by atoms with van der Waals surface area (Å²) in [5.41, 5.74) is 2.12. The monoisotopic (exact) mass is 340 g/mol. The predicted molar refractivity (Wildman–Crippen MR) is 93.8 cm³/mol. The molecule has 0 saturated heterocycles. The molecule has 1 aliphatic rings. The number of nitrogens with one attached hydrogen (secondary N) is 1. The van der Waals surface area contributed by atoms with Gasteiger partial charge in [0.05, 0.1) is 18.8 Å². The summed E-state index contributed by atoms with van der Waals surface area (Å²) in [4.78, 5) is 26.7. The number of ether oxygens (including phenoxy) is 2. The molecular weight excluding hydrogens is 320 g/mol. The molecule has 0 fully saturated rings. The Morgan fingerprint density at radius 2 is 2.04 bits per heavy atom. The van der Waals surface area contributed by atoms with Crippen molar-refractivity contribution in [1.82, 2.24) is 5.32 Å². The Hall–Kier alpha value is -2.86. The second-order valence-electron chi connectivity index (χ2n) is 5.74. The zero-order valence-corrected chi connectivity index (χ0v) is 14.2. The molecule has 1 atom stereocenters. The number of hydrogen-bond donors (Lipinski definition) is 1. The summed E-state index contributed by atoms with van der Waals surface area (Å²) in [5, 5.41) is 2.57. The lowest BCUT2D eigenvalue weighted by molar-refractivity contribution is -0.127. The first kappa shape index (κ1) is 17.0. The molecule has 6 nitrogen and oxygen atoms in total. The van der Waals surface area contributed by atoms with Crippen molar-refractivity contribution in [3.8, 4) is 5.75 Å². The highest BCUT2D eigenvalue weighted by molar-refractivity contribution is 6.08. The van der Waals surface area contributed by atoms with Crippen molar-refractivity contribution < 1.29 is 19.1 Å². The lowest BCUT2D eigenvalue weighted by Gasteiger charge is -2.34. The molecule has 130 valence electrons. The fraction of sp³-hybridized carbons (Fsp3) is 0.263. The van der Waals surface area contributed by atoms with Gasteiger partial charge in [-0.15, -0.1) is 0 Å². The number of amides is 2. The van der Waals surface area contributed by atoms with Crippen molar-refractivity contribution in [2.24, 2.45) is 0 Å². The van der Waals surface area contributed by atoms with Crippen molar-refractivity contribution in [3.05, 3.63) is 59.7 Å². The first-order valence-electron chi connectivity index (χ1n) is 8.01. The number of methoxy groups -OCH3 is 1. The molecule has 0 unspecified atom stereocenters. The van der Waals surface area contributed by atoms with E-state index in [1.807, 2.05) is 30.3 Å². The molecule has 6 heteroatoms. The summed E-state index contributed by atoms with van der Waals surface area (Å²) >= 11 is 0. The molecule has 0 radical (unpaired) electrons. The Kier molecular flexibility index (Phi) is 5.00. The van der Waals surface area contributed by atoms with E-state index >= 15 is 0 Å². The highest BCUT2D eigenvalue weighted by Crippen LogP contribution is 2.34. The molecule has 2 amide bonds. The normalized spacial score (nSPS) is 15.9. The molecule has 1 aliphatic heterocycles. The number of carbonyl (C=O) groups excluding carboxylic acids is 2. The number of nitrogens with zero attached hydrogens (tertiary/aromatic N) is 1. The smallest absolute Gasteiger partial charge is 0.262 e. The molecule has 0 aliphatic carbocycles. The second kappa shape index (κ2) is 7.36. The molecule has 0 spiro atoms.